The summed E-state index contributed by atoms with van der Waals surface area (Å²) in [4.78, 5) is 14.2. The molecule has 1 fully saturated rings. The van der Waals surface area contributed by atoms with Crippen LogP contribution in [0.3, 0.4) is 0 Å². The highest BCUT2D eigenvalue weighted by atomic mass is 35.5. The van der Waals surface area contributed by atoms with Crippen molar-refractivity contribution in [3.63, 3.8) is 0 Å². The van der Waals surface area contributed by atoms with Crippen LogP contribution in [0.25, 0.3) is 5.69 Å². The van der Waals surface area contributed by atoms with Gasteiger partial charge in [0.15, 0.2) is 5.69 Å². The minimum absolute atomic E-state index is 0. The van der Waals surface area contributed by atoms with E-state index in [1.807, 2.05) is 38.2 Å². The minimum atomic E-state index is -0.0809. The number of amides is 1. The molecule has 118 valence electrons. The standard InChI is InChI=1S/C15H19N5O.ClH/c1-11-4-3-5-12(8-11)20-10-14(17-18-20)15(21)19(2)13-6-7-16-9-13;/h3-5,8,10,13,16H,6-7,9H2,1-2H3;1H. The fraction of sp³-hybridized carbons (Fsp3) is 0.400. The quantitative estimate of drug-likeness (QED) is 0.929. The second-order valence-corrected chi connectivity index (χ2v) is 5.45. The van der Waals surface area contributed by atoms with E-state index >= 15 is 0 Å². The molecule has 1 amide bonds. The zero-order chi connectivity index (χ0) is 14.8. The van der Waals surface area contributed by atoms with Crippen molar-refractivity contribution in [1.82, 2.24) is 25.2 Å². The van der Waals surface area contributed by atoms with E-state index in [0.717, 1.165) is 30.8 Å². The summed E-state index contributed by atoms with van der Waals surface area (Å²) in [5.41, 5.74) is 2.43. The van der Waals surface area contributed by atoms with E-state index < -0.39 is 0 Å². The number of carbonyl (C=O) groups is 1. The molecule has 1 atom stereocenters. The summed E-state index contributed by atoms with van der Waals surface area (Å²) in [6.07, 6.45) is 2.67. The van der Waals surface area contributed by atoms with Crippen LogP contribution in [-0.2, 0) is 0 Å². The third-order valence-corrected chi connectivity index (χ3v) is 3.88. The van der Waals surface area contributed by atoms with E-state index in [1.54, 1.807) is 15.8 Å². The average Bonchev–Trinajstić information content (AvgIpc) is 3.17. The van der Waals surface area contributed by atoms with Gasteiger partial charge in [-0.25, -0.2) is 4.68 Å². The predicted molar refractivity (Wildman–Crippen MR) is 86.7 cm³/mol. The van der Waals surface area contributed by atoms with Crippen LogP contribution in [0.15, 0.2) is 30.5 Å². The second kappa shape index (κ2) is 6.89. The molecular weight excluding hydrogens is 302 g/mol. The molecule has 3 rings (SSSR count). The van der Waals surface area contributed by atoms with E-state index in [9.17, 15) is 4.79 Å². The first-order valence-electron chi connectivity index (χ1n) is 7.12. The molecule has 1 aromatic carbocycles. The third kappa shape index (κ3) is 3.28. The van der Waals surface area contributed by atoms with Crippen LogP contribution in [0.2, 0.25) is 0 Å². The second-order valence-electron chi connectivity index (χ2n) is 5.45. The third-order valence-electron chi connectivity index (χ3n) is 3.88. The Morgan fingerprint density at radius 1 is 1.45 bits per heavy atom. The minimum Gasteiger partial charge on any atom is -0.336 e. The van der Waals surface area contributed by atoms with E-state index in [4.69, 9.17) is 0 Å². The van der Waals surface area contributed by atoms with Gasteiger partial charge in [-0.3, -0.25) is 4.79 Å². The number of nitrogens with zero attached hydrogens (tertiary/aromatic N) is 4. The van der Waals surface area contributed by atoms with Crippen molar-refractivity contribution in [2.45, 2.75) is 19.4 Å². The molecule has 1 unspecified atom stereocenters. The molecule has 0 saturated carbocycles. The SMILES string of the molecule is Cc1cccc(-n2cc(C(=O)N(C)C3CCNC3)nn2)c1.Cl. The monoisotopic (exact) mass is 321 g/mol. The number of hydrogen-bond acceptors (Lipinski definition) is 4. The maximum atomic E-state index is 12.4. The van der Waals surface area contributed by atoms with E-state index in [1.165, 1.54) is 0 Å². The van der Waals surface area contributed by atoms with Gasteiger partial charge in [-0.2, -0.15) is 0 Å². The molecule has 6 nitrogen and oxygen atoms in total. The Morgan fingerprint density at radius 2 is 2.27 bits per heavy atom. The van der Waals surface area contributed by atoms with Gasteiger partial charge in [-0.05, 0) is 37.6 Å². The molecular formula is C15H20ClN5O. The number of nitrogens with one attached hydrogen (secondary N) is 1. The number of benzene rings is 1. The highest BCUT2D eigenvalue weighted by molar-refractivity contribution is 5.92. The highest BCUT2D eigenvalue weighted by Gasteiger charge is 2.25. The fourth-order valence-electron chi connectivity index (χ4n) is 2.57. The van der Waals surface area contributed by atoms with Crippen LogP contribution in [0.5, 0.6) is 0 Å². The van der Waals surface area contributed by atoms with Crippen LogP contribution in [0.4, 0.5) is 0 Å². The average molecular weight is 322 g/mol. The number of aromatic nitrogens is 3. The summed E-state index contributed by atoms with van der Waals surface area (Å²) < 4.78 is 1.64. The molecule has 1 aliphatic heterocycles. The molecule has 22 heavy (non-hydrogen) atoms. The molecule has 7 heteroatoms. The highest BCUT2D eigenvalue weighted by Crippen LogP contribution is 2.12. The van der Waals surface area contributed by atoms with Crippen LogP contribution < -0.4 is 5.32 Å². The maximum Gasteiger partial charge on any atom is 0.276 e. The van der Waals surface area contributed by atoms with Crippen molar-refractivity contribution in [2.24, 2.45) is 0 Å². The Bertz CT molecular complexity index is 651. The lowest BCUT2D eigenvalue weighted by molar-refractivity contribution is 0.0737. The largest absolute Gasteiger partial charge is 0.336 e. The predicted octanol–water partition coefficient (Wildman–Crippen LogP) is 1.43. The van der Waals surface area contributed by atoms with Crippen LogP contribution in [-0.4, -0.2) is 52.0 Å². The fourth-order valence-corrected chi connectivity index (χ4v) is 2.57. The molecule has 2 heterocycles. The Kier molecular flexibility index (Phi) is 5.15. The number of likely N-dealkylation sites (N-methyl/N-ethyl adjacent to an activating group) is 1. The van der Waals surface area contributed by atoms with Gasteiger partial charge in [0.25, 0.3) is 5.91 Å². The topological polar surface area (TPSA) is 63.1 Å². The number of rotatable bonds is 3. The molecule has 0 radical (unpaired) electrons. The molecule has 1 aromatic heterocycles. The lowest BCUT2D eigenvalue weighted by atomic mass is 10.2. The van der Waals surface area contributed by atoms with Gasteiger partial charge in [0.2, 0.25) is 0 Å². The summed E-state index contributed by atoms with van der Waals surface area (Å²) in [7, 11) is 1.83. The molecule has 1 saturated heterocycles. The van der Waals surface area contributed by atoms with Crippen molar-refractivity contribution in [3.05, 3.63) is 41.7 Å². The van der Waals surface area contributed by atoms with Gasteiger partial charge in [0.05, 0.1) is 11.9 Å². The van der Waals surface area contributed by atoms with Gasteiger partial charge >= 0.3 is 0 Å². The number of carbonyl (C=O) groups excluding carboxylic acids is 1. The van der Waals surface area contributed by atoms with Crippen molar-refractivity contribution in [2.75, 3.05) is 20.1 Å². The first-order chi connectivity index (χ1) is 10.1. The van der Waals surface area contributed by atoms with Gasteiger partial charge in [-0.1, -0.05) is 17.3 Å². The zero-order valence-corrected chi connectivity index (χ0v) is 13.5. The Morgan fingerprint density at radius 3 is 2.95 bits per heavy atom. The van der Waals surface area contributed by atoms with Crippen molar-refractivity contribution < 1.29 is 4.79 Å². The number of aryl methyl sites for hydroxylation is 1. The zero-order valence-electron chi connectivity index (χ0n) is 12.7. The number of halogens is 1. The summed E-state index contributed by atoms with van der Waals surface area (Å²) in [5.74, 6) is -0.0809. The number of hydrogen-bond donors (Lipinski definition) is 1. The molecule has 0 spiro atoms. The first kappa shape index (κ1) is 16.5. The van der Waals surface area contributed by atoms with E-state index in [0.29, 0.717) is 5.69 Å². The van der Waals surface area contributed by atoms with Gasteiger partial charge in [0, 0.05) is 19.6 Å². The smallest absolute Gasteiger partial charge is 0.276 e. The van der Waals surface area contributed by atoms with Gasteiger partial charge in [-0.15, -0.1) is 17.5 Å². The van der Waals surface area contributed by atoms with Crippen molar-refractivity contribution in [1.29, 1.82) is 0 Å². The summed E-state index contributed by atoms with van der Waals surface area (Å²) >= 11 is 0. The van der Waals surface area contributed by atoms with Crippen molar-refractivity contribution in [3.8, 4) is 5.69 Å². The molecule has 0 bridgehead atoms. The molecule has 1 N–H and O–H groups in total. The van der Waals surface area contributed by atoms with E-state index in [-0.39, 0.29) is 24.4 Å². The van der Waals surface area contributed by atoms with Gasteiger partial charge < -0.3 is 10.2 Å². The van der Waals surface area contributed by atoms with Gasteiger partial charge in [0.1, 0.15) is 0 Å². The van der Waals surface area contributed by atoms with Crippen LogP contribution in [0, 0.1) is 6.92 Å². The molecule has 2 aromatic rings. The summed E-state index contributed by atoms with van der Waals surface area (Å²) in [6.45, 7) is 3.82. The van der Waals surface area contributed by atoms with Crippen LogP contribution >= 0.6 is 12.4 Å². The Labute approximate surface area is 135 Å². The summed E-state index contributed by atoms with van der Waals surface area (Å²) in [6, 6.07) is 8.17. The summed E-state index contributed by atoms with van der Waals surface area (Å²) in [5, 5.41) is 11.3. The Balaban J connectivity index is 0.00000176. The lowest BCUT2D eigenvalue weighted by Crippen LogP contribution is -2.38. The van der Waals surface area contributed by atoms with Crippen LogP contribution in [0.1, 0.15) is 22.5 Å². The van der Waals surface area contributed by atoms with Crippen molar-refractivity contribution >= 4 is 18.3 Å². The normalized spacial score (nSPS) is 17.1. The molecule has 0 aliphatic carbocycles. The Hall–Kier alpha value is -1.92. The maximum absolute atomic E-state index is 12.4. The van der Waals surface area contributed by atoms with E-state index in [2.05, 4.69) is 15.6 Å². The lowest BCUT2D eigenvalue weighted by Gasteiger charge is -2.22. The first-order valence-corrected chi connectivity index (χ1v) is 7.12. The molecule has 1 aliphatic rings.